The summed E-state index contributed by atoms with van der Waals surface area (Å²) in [6.45, 7) is 4.88. The maximum Gasteiger partial charge on any atom is 0.161 e. The largest absolute Gasteiger partial charge is 0.497 e. The maximum absolute atomic E-state index is 10.2. The van der Waals surface area contributed by atoms with Crippen LogP contribution < -0.4 is 19.5 Å². The minimum Gasteiger partial charge on any atom is -0.497 e. The second-order valence-corrected chi connectivity index (χ2v) is 6.91. The van der Waals surface area contributed by atoms with Crippen molar-refractivity contribution in [3.63, 3.8) is 0 Å². The number of aliphatic hydroxyl groups is 1. The number of ether oxygens (including phenoxy) is 3. The third kappa shape index (κ3) is 7.67. The van der Waals surface area contributed by atoms with Crippen LogP contribution >= 0.6 is 12.4 Å². The number of nitrogens with one attached hydrogen (secondary N) is 1. The number of para-hydroxylation sites is 2. The highest BCUT2D eigenvalue weighted by Gasteiger charge is 2.19. The molecule has 0 radical (unpaired) electrons. The van der Waals surface area contributed by atoms with Crippen LogP contribution in [0.4, 0.5) is 0 Å². The van der Waals surface area contributed by atoms with Crippen molar-refractivity contribution in [2.45, 2.75) is 31.9 Å². The van der Waals surface area contributed by atoms with Crippen LogP contribution in [0.2, 0.25) is 0 Å². The lowest BCUT2D eigenvalue weighted by atomic mass is 9.94. The van der Waals surface area contributed by atoms with Gasteiger partial charge in [-0.1, -0.05) is 24.3 Å². The predicted molar refractivity (Wildman–Crippen MR) is 111 cm³/mol. The molecule has 0 heterocycles. The molecule has 5 nitrogen and oxygen atoms in total. The van der Waals surface area contributed by atoms with E-state index in [1.807, 2.05) is 36.4 Å². The molecule has 0 aliphatic carbocycles. The number of hydrogen-bond acceptors (Lipinski definition) is 5. The molecule has 0 aromatic heterocycles. The smallest absolute Gasteiger partial charge is 0.161 e. The van der Waals surface area contributed by atoms with Gasteiger partial charge in [-0.05, 0) is 50.1 Å². The summed E-state index contributed by atoms with van der Waals surface area (Å²) < 4.78 is 16.1. The molecule has 0 fully saturated rings. The van der Waals surface area contributed by atoms with Crippen LogP contribution in [0.1, 0.15) is 19.4 Å². The van der Waals surface area contributed by atoms with Crippen LogP contribution in [0.25, 0.3) is 0 Å². The van der Waals surface area contributed by atoms with Crippen molar-refractivity contribution in [2.75, 3.05) is 27.4 Å². The van der Waals surface area contributed by atoms with Crippen molar-refractivity contribution in [2.24, 2.45) is 0 Å². The molecule has 0 bridgehead atoms. The Hall–Kier alpha value is -1.95. The average molecular weight is 396 g/mol. The maximum atomic E-state index is 10.2. The van der Waals surface area contributed by atoms with Crippen LogP contribution in [0.3, 0.4) is 0 Å². The van der Waals surface area contributed by atoms with Gasteiger partial charge in [-0.2, -0.15) is 0 Å². The van der Waals surface area contributed by atoms with Gasteiger partial charge in [0.1, 0.15) is 18.5 Å². The summed E-state index contributed by atoms with van der Waals surface area (Å²) >= 11 is 0. The molecular weight excluding hydrogens is 366 g/mol. The Kier molecular flexibility index (Phi) is 9.43. The first-order valence-corrected chi connectivity index (χ1v) is 8.75. The van der Waals surface area contributed by atoms with Gasteiger partial charge in [0, 0.05) is 12.1 Å². The Morgan fingerprint density at radius 2 is 1.59 bits per heavy atom. The number of β-amino-alcohol motifs (C(OH)–C–C–N with tert-alkyl or cyclic N) is 1. The summed E-state index contributed by atoms with van der Waals surface area (Å²) in [5.41, 5.74) is 1.06. The first-order chi connectivity index (χ1) is 12.4. The lowest BCUT2D eigenvalue weighted by molar-refractivity contribution is 0.0973. The summed E-state index contributed by atoms with van der Waals surface area (Å²) in [7, 11) is 3.26. The third-order valence-corrected chi connectivity index (χ3v) is 4.12. The fourth-order valence-electron chi connectivity index (χ4n) is 2.69. The number of methoxy groups -OCH3 is 2. The molecular formula is C21H30ClNO4. The topological polar surface area (TPSA) is 60.0 Å². The number of hydrogen-bond donors (Lipinski definition) is 2. The van der Waals surface area contributed by atoms with Crippen molar-refractivity contribution < 1.29 is 19.3 Å². The van der Waals surface area contributed by atoms with E-state index in [0.29, 0.717) is 18.0 Å². The Balaban J connectivity index is 0.00000364. The highest BCUT2D eigenvalue weighted by atomic mass is 35.5. The van der Waals surface area contributed by atoms with Gasteiger partial charge < -0.3 is 24.6 Å². The average Bonchev–Trinajstić information content (AvgIpc) is 2.65. The second-order valence-electron chi connectivity index (χ2n) is 6.91. The quantitative estimate of drug-likeness (QED) is 0.645. The second kappa shape index (κ2) is 11.0. The van der Waals surface area contributed by atoms with Crippen molar-refractivity contribution in [3.8, 4) is 17.2 Å². The van der Waals surface area contributed by atoms with E-state index in [9.17, 15) is 5.11 Å². The molecule has 0 aliphatic heterocycles. The van der Waals surface area contributed by atoms with Crippen LogP contribution in [0, 0.1) is 0 Å². The van der Waals surface area contributed by atoms with Crippen LogP contribution in [-0.4, -0.2) is 44.1 Å². The van der Waals surface area contributed by atoms with Gasteiger partial charge in [0.15, 0.2) is 11.5 Å². The molecule has 2 aromatic carbocycles. The van der Waals surface area contributed by atoms with Gasteiger partial charge in [0.25, 0.3) is 0 Å². The molecule has 27 heavy (non-hydrogen) atoms. The molecule has 0 saturated heterocycles. The number of benzene rings is 2. The molecule has 0 amide bonds. The summed E-state index contributed by atoms with van der Waals surface area (Å²) in [5, 5.41) is 13.6. The van der Waals surface area contributed by atoms with E-state index in [1.54, 1.807) is 14.2 Å². The van der Waals surface area contributed by atoms with Gasteiger partial charge in [0.05, 0.1) is 14.2 Å². The Morgan fingerprint density at radius 3 is 2.19 bits per heavy atom. The van der Waals surface area contributed by atoms with Gasteiger partial charge in [-0.15, -0.1) is 12.4 Å². The summed E-state index contributed by atoms with van der Waals surface area (Å²) in [4.78, 5) is 0. The van der Waals surface area contributed by atoms with Crippen LogP contribution in [0.5, 0.6) is 17.2 Å². The van der Waals surface area contributed by atoms with Crippen molar-refractivity contribution in [1.82, 2.24) is 5.32 Å². The normalized spacial score (nSPS) is 12.0. The van der Waals surface area contributed by atoms with Gasteiger partial charge in [-0.25, -0.2) is 0 Å². The molecule has 2 N–H and O–H groups in total. The highest BCUT2D eigenvalue weighted by molar-refractivity contribution is 5.85. The van der Waals surface area contributed by atoms with Crippen LogP contribution in [-0.2, 0) is 6.42 Å². The molecule has 0 aliphatic rings. The molecule has 1 atom stereocenters. The zero-order valence-electron chi connectivity index (χ0n) is 16.4. The third-order valence-electron chi connectivity index (χ3n) is 4.12. The van der Waals surface area contributed by atoms with E-state index in [0.717, 1.165) is 12.2 Å². The molecule has 2 aromatic rings. The number of rotatable bonds is 10. The van der Waals surface area contributed by atoms with Crippen LogP contribution in [0.15, 0.2) is 48.5 Å². The molecule has 2 rings (SSSR count). The Labute approximate surface area is 168 Å². The van der Waals surface area contributed by atoms with Crippen molar-refractivity contribution in [3.05, 3.63) is 54.1 Å². The molecule has 150 valence electrons. The van der Waals surface area contributed by atoms with Crippen molar-refractivity contribution >= 4 is 12.4 Å². The van der Waals surface area contributed by atoms with Gasteiger partial charge >= 0.3 is 0 Å². The van der Waals surface area contributed by atoms with Gasteiger partial charge in [-0.3, -0.25) is 0 Å². The first kappa shape index (κ1) is 23.1. The lowest BCUT2D eigenvalue weighted by Crippen LogP contribution is -2.46. The van der Waals surface area contributed by atoms with E-state index < -0.39 is 6.10 Å². The molecule has 6 heteroatoms. The molecule has 0 saturated carbocycles. The SMILES string of the molecule is COc1ccc(CC(C)(C)NCC(O)COc2ccccc2OC)cc1.Cl. The molecule has 0 spiro atoms. The minimum atomic E-state index is -0.616. The zero-order chi connectivity index (χ0) is 19.0. The van der Waals surface area contributed by atoms with E-state index in [4.69, 9.17) is 14.2 Å². The highest BCUT2D eigenvalue weighted by Crippen LogP contribution is 2.25. The number of halogens is 1. The van der Waals surface area contributed by atoms with E-state index in [2.05, 4.69) is 31.3 Å². The van der Waals surface area contributed by atoms with E-state index in [-0.39, 0.29) is 24.6 Å². The Bertz CT molecular complexity index is 676. The fraction of sp³-hybridized carbons (Fsp3) is 0.429. The summed E-state index contributed by atoms with van der Waals surface area (Å²) in [6, 6.07) is 15.5. The number of aliphatic hydroxyl groups excluding tert-OH is 1. The first-order valence-electron chi connectivity index (χ1n) is 8.75. The summed E-state index contributed by atoms with van der Waals surface area (Å²) in [5.74, 6) is 2.14. The minimum absolute atomic E-state index is 0. The zero-order valence-corrected chi connectivity index (χ0v) is 17.2. The lowest BCUT2D eigenvalue weighted by Gasteiger charge is -2.28. The monoisotopic (exact) mass is 395 g/mol. The van der Waals surface area contributed by atoms with Gasteiger partial charge in [0.2, 0.25) is 0 Å². The van der Waals surface area contributed by atoms with E-state index >= 15 is 0 Å². The Morgan fingerprint density at radius 1 is 0.963 bits per heavy atom. The summed E-state index contributed by atoms with van der Waals surface area (Å²) in [6.07, 6.45) is 0.229. The van der Waals surface area contributed by atoms with E-state index in [1.165, 1.54) is 5.56 Å². The fourth-order valence-corrected chi connectivity index (χ4v) is 2.69. The molecule has 1 unspecified atom stereocenters. The standard InChI is InChI=1S/C21H29NO4.ClH/c1-21(2,13-16-9-11-18(24-3)12-10-16)22-14-17(23)15-26-20-8-6-5-7-19(20)25-4;/h5-12,17,22-23H,13-15H2,1-4H3;1H. The predicted octanol–water partition coefficient (Wildman–Crippen LogP) is 3.48. The van der Waals surface area contributed by atoms with Crippen molar-refractivity contribution in [1.29, 1.82) is 0 Å².